The van der Waals surface area contributed by atoms with Crippen LogP contribution in [0.4, 0.5) is 0 Å². The molecule has 272 valence electrons. The van der Waals surface area contributed by atoms with Crippen LogP contribution >= 0.6 is 7.82 Å². The molecule has 2 unspecified atom stereocenters. The van der Waals surface area contributed by atoms with Gasteiger partial charge in [-0.15, -0.1) is 0 Å². The number of phosphoric ester groups is 1. The fourth-order valence-electron chi connectivity index (χ4n) is 4.02. The van der Waals surface area contributed by atoms with Crippen molar-refractivity contribution in [2.75, 3.05) is 33.0 Å². The number of esters is 1. The summed E-state index contributed by atoms with van der Waals surface area (Å²) in [4.78, 5) is 22.3. The van der Waals surface area contributed by atoms with Crippen molar-refractivity contribution >= 4 is 13.8 Å². The molecule has 3 N–H and O–H groups in total. The Morgan fingerprint density at radius 3 is 1.62 bits per heavy atom. The van der Waals surface area contributed by atoms with Crippen molar-refractivity contribution in [2.45, 2.75) is 110 Å². The molecule has 0 aliphatic carbocycles. The zero-order chi connectivity index (χ0) is 35.2. The van der Waals surface area contributed by atoms with Gasteiger partial charge in [0.05, 0.1) is 26.2 Å². The van der Waals surface area contributed by atoms with Crippen LogP contribution in [-0.2, 0) is 27.9 Å². The van der Waals surface area contributed by atoms with Gasteiger partial charge in [0.25, 0.3) is 0 Å². The van der Waals surface area contributed by atoms with Crippen molar-refractivity contribution in [1.82, 2.24) is 0 Å². The molecule has 0 spiro atoms. The monoisotopic (exact) mass is 689 g/mol. The largest absolute Gasteiger partial charge is 0.472 e. The van der Waals surface area contributed by atoms with Gasteiger partial charge in [0, 0.05) is 13.2 Å². The second kappa shape index (κ2) is 35.7. The Morgan fingerprint density at radius 1 is 0.625 bits per heavy atom. The van der Waals surface area contributed by atoms with E-state index in [1.807, 2.05) is 12.2 Å². The minimum Gasteiger partial charge on any atom is -0.457 e. The second-order valence-corrected chi connectivity index (χ2v) is 12.4. The molecule has 48 heavy (non-hydrogen) atoms. The van der Waals surface area contributed by atoms with Crippen LogP contribution < -0.4 is 5.73 Å². The molecule has 0 bridgehead atoms. The molecule has 0 aromatic heterocycles. The maximum atomic E-state index is 12.4. The predicted octanol–water partition coefficient (Wildman–Crippen LogP) is 9.96. The van der Waals surface area contributed by atoms with E-state index in [0.29, 0.717) is 13.0 Å². The Morgan fingerprint density at radius 2 is 1.10 bits per heavy atom. The molecule has 0 heterocycles. The molecule has 0 aromatic rings. The Hall–Kier alpha value is -2.58. The van der Waals surface area contributed by atoms with Crippen LogP contribution in [0, 0.1) is 0 Å². The van der Waals surface area contributed by atoms with Gasteiger partial charge in [-0.2, -0.15) is 0 Å². The van der Waals surface area contributed by atoms with Gasteiger partial charge in [0.15, 0.2) is 0 Å². The van der Waals surface area contributed by atoms with Crippen LogP contribution in [0.5, 0.6) is 0 Å². The smallest absolute Gasteiger partial charge is 0.457 e. The Kier molecular flexibility index (Phi) is 33.8. The molecule has 0 amide bonds. The van der Waals surface area contributed by atoms with Crippen molar-refractivity contribution < 1.29 is 32.8 Å². The van der Waals surface area contributed by atoms with Gasteiger partial charge in [0.1, 0.15) is 6.10 Å². The quantitative estimate of drug-likeness (QED) is 0.0310. The highest BCUT2D eigenvalue weighted by molar-refractivity contribution is 7.47. The molecule has 0 saturated heterocycles. The predicted molar refractivity (Wildman–Crippen MR) is 201 cm³/mol. The highest BCUT2D eigenvalue weighted by Gasteiger charge is 2.25. The molecule has 0 radical (unpaired) electrons. The molecule has 0 aliphatic rings. The van der Waals surface area contributed by atoms with Gasteiger partial charge >= 0.3 is 13.8 Å². The van der Waals surface area contributed by atoms with Gasteiger partial charge in [-0.25, -0.2) is 4.57 Å². The van der Waals surface area contributed by atoms with E-state index < -0.39 is 19.9 Å². The summed E-state index contributed by atoms with van der Waals surface area (Å²) in [6.45, 7) is 4.45. The summed E-state index contributed by atoms with van der Waals surface area (Å²) in [6.07, 6.45) is 46.0. The lowest BCUT2D eigenvalue weighted by Gasteiger charge is -2.19. The van der Waals surface area contributed by atoms with Crippen molar-refractivity contribution in [1.29, 1.82) is 0 Å². The first kappa shape index (κ1) is 45.4. The van der Waals surface area contributed by atoms with E-state index in [-0.39, 0.29) is 32.8 Å². The molecule has 0 fully saturated rings. The topological polar surface area (TPSA) is 117 Å². The zero-order valence-electron chi connectivity index (χ0n) is 29.7. The number of nitrogens with two attached hydrogens (primary N) is 1. The molecule has 0 saturated carbocycles. The van der Waals surface area contributed by atoms with Gasteiger partial charge in [-0.05, 0) is 70.6 Å². The van der Waals surface area contributed by atoms with Crippen LogP contribution in [0.3, 0.4) is 0 Å². The molecular formula is C39H64NO7P. The standard InChI is InChI=1S/C39H64NO7P/c1-3-5-7-9-11-13-15-17-19-20-22-24-26-28-30-32-39(41)47-38(37-46-48(42,43)45-35-33-40)36-44-34-31-29-27-25-23-21-18-16-14-12-10-8-6-4-2/h5-8,11-14,17-19,21-22,24,28,30,38H,3-4,9-10,15-16,20,23,25-27,29,31-37,40H2,1-2H3,(H,42,43)/b7-5-,8-6-,13-11-,14-12-,19-17-,21-18-,24-22-,30-28-. The number of hydrogen-bond donors (Lipinski definition) is 2. The van der Waals surface area contributed by atoms with E-state index >= 15 is 0 Å². The normalized spacial score (nSPS) is 14.8. The Bertz CT molecular complexity index is 1040. The van der Waals surface area contributed by atoms with Gasteiger partial charge in [-0.3, -0.25) is 13.8 Å². The van der Waals surface area contributed by atoms with E-state index in [9.17, 15) is 14.3 Å². The zero-order valence-corrected chi connectivity index (χ0v) is 30.6. The average Bonchev–Trinajstić information content (AvgIpc) is 3.07. The summed E-state index contributed by atoms with van der Waals surface area (Å²) >= 11 is 0. The molecule has 0 aliphatic heterocycles. The van der Waals surface area contributed by atoms with Crippen molar-refractivity contribution in [3.8, 4) is 0 Å². The van der Waals surface area contributed by atoms with Crippen LogP contribution in [0.25, 0.3) is 0 Å². The maximum absolute atomic E-state index is 12.4. The number of phosphoric acid groups is 1. The number of rotatable bonds is 32. The molecular weight excluding hydrogens is 625 g/mol. The van der Waals surface area contributed by atoms with Gasteiger partial charge in [0.2, 0.25) is 0 Å². The fraction of sp³-hybridized carbons (Fsp3) is 0.564. The Labute approximate surface area is 291 Å². The number of unbranched alkanes of at least 4 members (excludes halogenated alkanes) is 4. The van der Waals surface area contributed by atoms with Crippen LogP contribution in [-0.4, -0.2) is 49.9 Å². The number of hydrogen-bond acceptors (Lipinski definition) is 7. The van der Waals surface area contributed by atoms with Crippen LogP contribution in [0.1, 0.15) is 104 Å². The molecule has 8 nitrogen and oxygen atoms in total. The SMILES string of the molecule is CC/C=C\C/C=C\C/C=C\C/C=C\C/C=C\CC(=O)OC(COCCCCCC/C=C\C/C=C\C/C=C\CC)COP(=O)(O)OCCN. The minimum absolute atomic E-state index is 0.0544. The third-order valence-electron chi connectivity index (χ3n) is 6.53. The van der Waals surface area contributed by atoms with Gasteiger partial charge < -0.3 is 20.1 Å². The summed E-state index contributed by atoms with van der Waals surface area (Å²) in [6, 6.07) is 0. The highest BCUT2D eigenvalue weighted by Crippen LogP contribution is 2.43. The summed E-state index contributed by atoms with van der Waals surface area (Å²) < 4.78 is 33.1. The molecule has 9 heteroatoms. The van der Waals surface area contributed by atoms with E-state index in [2.05, 4.69) is 92.8 Å². The van der Waals surface area contributed by atoms with E-state index in [1.165, 1.54) is 0 Å². The van der Waals surface area contributed by atoms with Gasteiger partial charge in [-0.1, -0.05) is 124 Å². The number of ether oxygens (including phenoxy) is 2. The lowest BCUT2D eigenvalue weighted by atomic mass is 10.1. The first-order valence-electron chi connectivity index (χ1n) is 17.7. The van der Waals surface area contributed by atoms with Crippen molar-refractivity contribution in [2.24, 2.45) is 5.73 Å². The highest BCUT2D eigenvalue weighted by atomic mass is 31.2. The summed E-state index contributed by atoms with van der Waals surface area (Å²) in [5.74, 6) is -0.471. The van der Waals surface area contributed by atoms with Crippen LogP contribution in [0.15, 0.2) is 97.2 Å². The molecule has 0 aromatic carbocycles. The Balaban J connectivity index is 4.35. The first-order chi connectivity index (χ1) is 23.4. The van der Waals surface area contributed by atoms with Crippen molar-refractivity contribution in [3.05, 3.63) is 97.2 Å². The fourth-order valence-corrected chi connectivity index (χ4v) is 4.79. The lowest BCUT2D eigenvalue weighted by Crippen LogP contribution is -2.28. The number of carbonyl (C=O) groups excluding carboxylic acids is 1. The third-order valence-corrected chi connectivity index (χ3v) is 7.51. The first-order valence-corrected chi connectivity index (χ1v) is 19.2. The lowest BCUT2D eigenvalue weighted by molar-refractivity contribution is -0.153. The van der Waals surface area contributed by atoms with E-state index in [1.54, 1.807) is 6.08 Å². The third kappa shape index (κ3) is 34.7. The summed E-state index contributed by atoms with van der Waals surface area (Å²) in [5, 5.41) is 0. The number of carbonyl (C=O) groups is 1. The second-order valence-electron chi connectivity index (χ2n) is 11.0. The molecule has 0 rings (SSSR count). The van der Waals surface area contributed by atoms with Crippen molar-refractivity contribution in [3.63, 3.8) is 0 Å². The summed E-state index contributed by atoms with van der Waals surface area (Å²) in [5.41, 5.74) is 5.33. The van der Waals surface area contributed by atoms with E-state index in [4.69, 9.17) is 24.3 Å². The van der Waals surface area contributed by atoms with Crippen LogP contribution in [0.2, 0.25) is 0 Å². The number of allylic oxidation sites excluding steroid dienone is 15. The summed E-state index contributed by atoms with van der Waals surface area (Å²) in [7, 11) is -4.31. The minimum atomic E-state index is -4.31. The average molecular weight is 690 g/mol. The molecule has 2 atom stereocenters. The maximum Gasteiger partial charge on any atom is 0.472 e. The van der Waals surface area contributed by atoms with E-state index in [0.717, 1.165) is 77.0 Å².